The lowest BCUT2D eigenvalue weighted by Gasteiger charge is -2.28. The van der Waals surface area contributed by atoms with Gasteiger partial charge in [-0.25, -0.2) is 4.98 Å². The number of rotatable bonds is 7. The summed E-state index contributed by atoms with van der Waals surface area (Å²) in [6, 6.07) is 3.86. The number of halogens is 1. The molecule has 1 saturated heterocycles. The van der Waals surface area contributed by atoms with Crippen molar-refractivity contribution in [3.05, 3.63) is 22.8 Å². The maximum atomic E-state index is 5.62. The van der Waals surface area contributed by atoms with E-state index < -0.39 is 0 Å². The molecule has 0 bridgehead atoms. The van der Waals surface area contributed by atoms with Gasteiger partial charge in [0.2, 0.25) is 5.88 Å². The molecule has 1 aromatic rings. The van der Waals surface area contributed by atoms with E-state index in [1.807, 2.05) is 12.1 Å². The van der Waals surface area contributed by atoms with Crippen molar-refractivity contribution in [2.75, 3.05) is 38.4 Å². The zero-order valence-corrected chi connectivity index (χ0v) is 13.9. The highest BCUT2D eigenvalue weighted by molar-refractivity contribution is 9.10. The number of unbranched alkanes of at least 4 members (excludes halogenated alkanes) is 2. The molecule has 19 heavy (non-hydrogen) atoms. The Kier molecular flexibility index (Phi) is 5.98. The van der Waals surface area contributed by atoms with E-state index in [-0.39, 0.29) is 0 Å². The molecule has 0 aliphatic carbocycles. The quantitative estimate of drug-likeness (QED) is 0.557. The number of quaternary nitrogens is 1. The maximum Gasteiger partial charge on any atom is 0.213 e. The molecule has 106 valence electrons. The Morgan fingerprint density at radius 3 is 2.95 bits per heavy atom. The molecule has 0 aromatic carbocycles. The average molecular weight is 346 g/mol. The molecule has 0 saturated carbocycles. The summed E-state index contributed by atoms with van der Waals surface area (Å²) in [5.74, 6) is 3.34. The van der Waals surface area contributed by atoms with Gasteiger partial charge in [0.25, 0.3) is 0 Å². The molecule has 0 N–H and O–H groups in total. The first-order chi connectivity index (χ1) is 9.18. The van der Waals surface area contributed by atoms with Crippen LogP contribution in [-0.4, -0.2) is 47.8 Å². The van der Waals surface area contributed by atoms with Gasteiger partial charge in [0.15, 0.2) is 0 Å². The van der Waals surface area contributed by atoms with Crippen molar-refractivity contribution in [3.8, 4) is 5.88 Å². The van der Waals surface area contributed by atoms with Gasteiger partial charge in [-0.15, -0.1) is 0 Å². The van der Waals surface area contributed by atoms with E-state index >= 15 is 0 Å². The van der Waals surface area contributed by atoms with E-state index in [0.29, 0.717) is 0 Å². The highest BCUT2D eigenvalue weighted by Gasteiger charge is 2.26. The molecule has 1 unspecified atom stereocenters. The van der Waals surface area contributed by atoms with E-state index in [2.05, 4.69) is 39.7 Å². The monoisotopic (exact) mass is 345 g/mol. The average Bonchev–Trinajstić information content (AvgIpc) is 2.83. The molecule has 1 fully saturated rings. The number of pyridine rings is 1. The van der Waals surface area contributed by atoms with Crippen molar-refractivity contribution in [1.82, 2.24) is 4.98 Å². The van der Waals surface area contributed by atoms with E-state index in [0.717, 1.165) is 23.4 Å². The minimum Gasteiger partial charge on any atom is -0.478 e. The number of thioether (sulfide) groups is 1. The first-order valence-corrected chi connectivity index (χ1v) is 8.78. The van der Waals surface area contributed by atoms with Crippen LogP contribution in [0, 0.1) is 0 Å². The summed E-state index contributed by atoms with van der Waals surface area (Å²) in [6.45, 7) is 3.42. The normalized spacial score (nSPS) is 22.6. The van der Waals surface area contributed by atoms with Gasteiger partial charge < -0.3 is 9.22 Å². The number of aromatic nitrogens is 1. The molecule has 5 heteroatoms. The van der Waals surface area contributed by atoms with Crippen LogP contribution in [0.15, 0.2) is 22.8 Å². The third-order valence-electron chi connectivity index (χ3n) is 3.47. The van der Waals surface area contributed by atoms with Gasteiger partial charge in [-0.3, -0.25) is 0 Å². The van der Waals surface area contributed by atoms with Crippen molar-refractivity contribution in [3.63, 3.8) is 0 Å². The van der Waals surface area contributed by atoms with E-state index in [1.165, 1.54) is 42.0 Å². The molecule has 1 aliphatic heterocycles. The molecule has 0 amide bonds. The highest BCUT2D eigenvalue weighted by Crippen LogP contribution is 2.21. The second kappa shape index (κ2) is 7.50. The van der Waals surface area contributed by atoms with Crippen LogP contribution in [0.5, 0.6) is 5.88 Å². The zero-order valence-electron chi connectivity index (χ0n) is 11.5. The van der Waals surface area contributed by atoms with Crippen LogP contribution < -0.4 is 4.74 Å². The first kappa shape index (κ1) is 15.1. The standard InChI is InChI=1S/C14H22BrN2OS/c1-17(8-10-19-12-17)7-3-2-4-9-18-14-6-5-13(15)11-16-14/h5-6,11H,2-4,7-10,12H2,1H3/q+1. The van der Waals surface area contributed by atoms with Gasteiger partial charge in [-0.1, -0.05) is 11.8 Å². The number of hydrogen-bond donors (Lipinski definition) is 0. The molecule has 3 nitrogen and oxygen atoms in total. The van der Waals surface area contributed by atoms with Crippen molar-refractivity contribution in [2.24, 2.45) is 0 Å². The van der Waals surface area contributed by atoms with E-state index in [4.69, 9.17) is 4.74 Å². The van der Waals surface area contributed by atoms with Gasteiger partial charge in [-0.2, -0.15) is 0 Å². The summed E-state index contributed by atoms with van der Waals surface area (Å²) in [7, 11) is 2.38. The third-order valence-corrected chi connectivity index (χ3v) is 5.22. The molecular formula is C14H22BrN2OS+. The SMILES string of the molecule is C[N+]1(CCCCCOc2ccc(Br)cn2)CCSC1. The van der Waals surface area contributed by atoms with Gasteiger partial charge in [0.05, 0.1) is 26.7 Å². The molecular weight excluding hydrogens is 324 g/mol. The summed E-state index contributed by atoms with van der Waals surface area (Å²) in [6.07, 6.45) is 5.43. The fraction of sp³-hybridized carbons (Fsp3) is 0.643. The maximum absolute atomic E-state index is 5.62. The smallest absolute Gasteiger partial charge is 0.213 e. The minimum atomic E-state index is 0.720. The Labute approximate surface area is 128 Å². The molecule has 2 rings (SSSR count). The minimum absolute atomic E-state index is 0.720. The number of ether oxygens (including phenoxy) is 1. The van der Waals surface area contributed by atoms with E-state index in [9.17, 15) is 0 Å². The fourth-order valence-corrected chi connectivity index (χ4v) is 3.84. The lowest BCUT2D eigenvalue weighted by molar-refractivity contribution is -0.890. The third kappa shape index (κ3) is 5.32. The van der Waals surface area contributed by atoms with Crippen LogP contribution in [0.25, 0.3) is 0 Å². The van der Waals surface area contributed by atoms with Crippen LogP contribution in [0.1, 0.15) is 19.3 Å². The Balaban J connectivity index is 1.53. The second-order valence-corrected chi connectivity index (χ2v) is 7.32. The van der Waals surface area contributed by atoms with Crippen LogP contribution in [0.4, 0.5) is 0 Å². The zero-order chi connectivity index (χ0) is 13.6. The van der Waals surface area contributed by atoms with Gasteiger partial charge in [0, 0.05) is 22.5 Å². The summed E-state index contributed by atoms with van der Waals surface area (Å²) in [5.41, 5.74) is 0. The highest BCUT2D eigenvalue weighted by atomic mass is 79.9. The largest absolute Gasteiger partial charge is 0.478 e. The molecule has 2 heterocycles. The fourth-order valence-electron chi connectivity index (χ4n) is 2.21. The van der Waals surface area contributed by atoms with Crippen LogP contribution >= 0.6 is 27.7 Å². The summed E-state index contributed by atoms with van der Waals surface area (Å²) < 4.78 is 7.85. The molecule has 1 aliphatic rings. The summed E-state index contributed by atoms with van der Waals surface area (Å²) >= 11 is 5.45. The topological polar surface area (TPSA) is 22.1 Å². The molecule has 0 spiro atoms. The summed E-state index contributed by atoms with van der Waals surface area (Å²) in [5, 5.41) is 0. The Bertz CT molecular complexity index is 380. The van der Waals surface area contributed by atoms with E-state index in [1.54, 1.807) is 6.20 Å². The molecule has 1 aromatic heterocycles. The predicted octanol–water partition coefficient (Wildman–Crippen LogP) is 3.54. The van der Waals surface area contributed by atoms with Crippen molar-refractivity contribution in [1.29, 1.82) is 0 Å². The van der Waals surface area contributed by atoms with Crippen LogP contribution in [0.2, 0.25) is 0 Å². The first-order valence-electron chi connectivity index (χ1n) is 6.84. The van der Waals surface area contributed by atoms with Gasteiger partial charge in [-0.05, 0) is 41.3 Å². The Morgan fingerprint density at radius 1 is 1.37 bits per heavy atom. The van der Waals surface area contributed by atoms with Gasteiger partial charge >= 0.3 is 0 Å². The predicted molar refractivity (Wildman–Crippen MR) is 84.5 cm³/mol. The van der Waals surface area contributed by atoms with Crippen molar-refractivity contribution >= 4 is 27.7 Å². The molecule has 0 radical (unpaired) electrons. The molecule has 1 atom stereocenters. The van der Waals surface area contributed by atoms with Crippen molar-refractivity contribution in [2.45, 2.75) is 19.3 Å². The second-order valence-electron chi connectivity index (χ2n) is 5.33. The van der Waals surface area contributed by atoms with Crippen LogP contribution in [-0.2, 0) is 0 Å². The lowest BCUT2D eigenvalue weighted by Crippen LogP contribution is -2.41. The Hall–Kier alpha value is -0.260. The summed E-state index contributed by atoms with van der Waals surface area (Å²) in [4.78, 5) is 4.20. The number of hydrogen-bond acceptors (Lipinski definition) is 3. The van der Waals surface area contributed by atoms with Gasteiger partial charge in [0.1, 0.15) is 5.88 Å². The van der Waals surface area contributed by atoms with Crippen LogP contribution in [0.3, 0.4) is 0 Å². The number of nitrogens with zero attached hydrogens (tertiary/aromatic N) is 2. The lowest BCUT2D eigenvalue weighted by atomic mass is 10.2. The van der Waals surface area contributed by atoms with Crippen molar-refractivity contribution < 1.29 is 9.22 Å². The Morgan fingerprint density at radius 2 is 2.26 bits per heavy atom.